The summed E-state index contributed by atoms with van der Waals surface area (Å²) in [4.78, 5) is 13.5. The molecular formula is C24H28N2O3S. The fraction of sp³-hybridized carbons (Fsp3) is 0.458. The van der Waals surface area contributed by atoms with Crippen molar-refractivity contribution in [1.82, 2.24) is 5.32 Å². The van der Waals surface area contributed by atoms with Crippen molar-refractivity contribution in [2.24, 2.45) is 17.8 Å². The Morgan fingerprint density at radius 2 is 1.47 bits per heavy atom. The zero-order valence-corrected chi connectivity index (χ0v) is 18.0. The van der Waals surface area contributed by atoms with Gasteiger partial charge in [-0.1, -0.05) is 29.8 Å². The van der Waals surface area contributed by atoms with Crippen LogP contribution in [0.25, 0.3) is 0 Å². The highest BCUT2D eigenvalue weighted by molar-refractivity contribution is 7.92. The van der Waals surface area contributed by atoms with Gasteiger partial charge in [0.25, 0.3) is 15.9 Å². The number of benzene rings is 2. The summed E-state index contributed by atoms with van der Waals surface area (Å²) in [6, 6.07) is 13.6. The number of sulfonamides is 1. The maximum atomic E-state index is 13.3. The Morgan fingerprint density at radius 1 is 0.900 bits per heavy atom. The Kier molecular flexibility index (Phi) is 4.65. The van der Waals surface area contributed by atoms with Gasteiger partial charge in [0.2, 0.25) is 0 Å². The number of hydrogen-bond acceptors (Lipinski definition) is 3. The van der Waals surface area contributed by atoms with E-state index in [0.29, 0.717) is 11.3 Å². The summed E-state index contributed by atoms with van der Waals surface area (Å²) in [5.74, 6) is 2.00. The van der Waals surface area contributed by atoms with Gasteiger partial charge in [-0.05, 0) is 87.5 Å². The van der Waals surface area contributed by atoms with Crippen molar-refractivity contribution in [2.75, 3.05) is 4.72 Å². The molecule has 0 unspecified atom stereocenters. The van der Waals surface area contributed by atoms with Crippen molar-refractivity contribution in [1.29, 1.82) is 0 Å². The Morgan fingerprint density at radius 3 is 2.07 bits per heavy atom. The molecule has 0 aliphatic heterocycles. The summed E-state index contributed by atoms with van der Waals surface area (Å²) in [5, 5.41) is 3.34. The normalized spacial score (nSPS) is 29.6. The molecule has 4 bridgehead atoms. The van der Waals surface area contributed by atoms with Crippen LogP contribution in [0.1, 0.15) is 54.4 Å². The molecule has 0 spiro atoms. The van der Waals surface area contributed by atoms with E-state index in [1.54, 1.807) is 48.5 Å². The average Bonchev–Trinajstić information content (AvgIpc) is 2.67. The first kappa shape index (κ1) is 19.6. The van der Waals surface area contributed by atoms with Crippen LogP contribution in [-0.2, 0) is 10.0 Å². The minimum atomic E-state index is -3.77. The molecule has 1 amide bonds. The van der Waals surface area contributed by atoms with E-state index >= 15 is 0 Å². The molecule has 4 saturated carbocycles. The highest BCUT2D eigenvalue weighted by Crippen LogP contribution is 2.55. The van der Waals surface area contributed by atoms with Crippen molar-refractivity contribution in [2.45, 2.75) is 55.9 Å². The first-order valence-corrected chi connectivity index (χ1v) is 12.3. The minimum Gasteiger partial charge on any atom is -0.347 e. The van der Waals surface area contributed by atoms with E-state index < -0.39 is 10.0 Å². The predicted molar refractivity (Wildman–Crippen MR) is 117 cm³/mol. The third-order valence-electron chi connectivity index (χ3n) is 7.16. The monoisotopic (exact) mass is 424 g/mol. The molecule has 0 atom stereocenters. The highest BCUT2D eigenvalue weighted by Gasteiger charge is 2.51. The summed E-state index contributed by atoms with van der Waals surface area (Å²) in [7, 11) is -3.77. The molecule has 5 nitrogen and oxygen atoms in total. The molecule has 4 fully saturated rings. The zero-order chi connectivity index (χ0) is 20.9. The van der Waals surface area contributed by atoms with E-state index in [-0.39, 0.29) is 16.3 Å². The van der Waals surface area contributed by atoms with Gasteiger partial charge in [0.05, 0.1) is 16.1 Å². The number of aryl methyl sites for hydroxylation is 1. The van der Waals surface area contributed by atoms with Gasteiger partial charge in [0.1, 0.15) is 0 Å². The van der Waals surface area contributed by atoms with Crippen LogP contribution in [0.5, 0.6) is 0 Å². The summed E-state index contributed by atoms with van der Waals surface area (Å²) in [6.07, 6.45) is 7.10. The van der Waals surface area contributed by atoms with Crippen molar-refractivity contribution in [3.8, 4) is 0 Å². The van der Waals surface area contributed by atoms with Gasteiger partial charge in [0, 0.05) is 5.54 Å². The van der Waals surface area contributed by atoms with Gasteiger partial charge in [-0.15, -0.1) is 0 Å². The highest BCUT2D eigenvalue weighted by atomic mass is 32.2. The van der Waals surface area contributed by atoms with Gasteiger partial charge in [-0.25, -0.2) is 8.42 Å². The second kappa shape index (κ2) is 7.12. The van der Waals surface area contributed by atoms with E-state index in [2.05, 4.69) is 10.0 Å². The molecule has 6 heteroatoms. The van der Waals surface area contributed by atoms with Crippen LogP contribution in [0.3, 0.4) is 0 Å². The van der Waals surface area contributed by atoms with E-state index in [9.17, 15) is 13.2 Å². The van der Waals surface area contributed by atoms with E-state index in [4.69, 9.17) is 0 Å². The first-order valence-electron chi connectivity index (χ1n) is 10.8. The minimum absolute atomic E-state index is 0.116. The number of para-hydroxylation sites is 1. The van der Waals surface area contributed by atoms with Crippen LogP contribution in [0.4, 0.5) is 5.69 Å². The summed E-state index contributed by atoms with van der Waals surface area (Å²) in [5.41, 5.74) is 1.57. The summed E-state index contributed by atoms with van der Waals surface area (Å²) >= 11 is 0. The molecular weight excluding hydrogens is 396 g/mol. The van der Waals surface area contributed by atoms with Crippen molar-refractivity contribution >= 4 is 21.6 Å². The lowest BCUT2D eigenvalue weighted by atomic mass is 9.53. The second-order valence-electron chi connectivity index (χ2n) is 9.62. The molecule has 2 N–H and O–H groups in total. The summed E-state index contributed by atoms with van der Waals surface area (Å²) in [6.45, 7) is 1.91. The molecule has 4 aliphatic carbocycles. The van der Waals surface area contributed by atoms with Gasteiger partial charge < -0.3 is 5.32 Å². The van der Waals surface area contributed by atoms with E-state index in [1.807, 2.05) is 6.92 Å². The van der Waals surface area contributed by atoms with Crippen LogP contribution in [-0.4, -0.2) is 19.9 Å². The van der Waals surface area contributed by atoms with Crippen LogP contribution in [0.2, 0.25) is 0 Å². The van der Waals surface area contributed by atoms with E-state index in [1.165, 1.54) is 19.3 Å². The lowest BCUT2D eigenvalue weighted by Gasteiger charge is -2.56. The third-order valence-corrected chi connectivity index (χ3v) is 8.55. The zero-order valence-electron chi connectivity index (χ0n) is 17.2. The van der Waals surface area contributed by atoms with E-state index in [0.717, 1.165) is 42.6 Å². The van der Waals surface area contributed by atoms with Gasteiger partial charge in [-0.3, -0.25) is 9.52 Å². The molecule has 0 heterocycles. The Balaban J connectivity index is 1.38. The van der Waals surface area contributed by atoms with Crippen LogP contribution in [0, 0.1) is 24.7 Å². The molecule has 6 rings (SSSR count). The van der Waals surface area contributed by atoms with Crippen LogP contribution in [0.15, 0.2) is 53.4 Å². The summed E-state index contributed by atoms with van der Waals surface area (Å²) < 4.78 is 28.3. The molecule has 0 radical (unpaired) electrons. The molecule has 2 aromatic carbocycles. The van der Waals surface area contributed by atoms with Gasteiger partial charge in [-0.2, -0.15) is 0 Å². The van der Waals surface area contributed by atoms with Crippen LogP contribution >= 0.6 is 0 Å². The van der Waals surface area contributed by atoms with Gasteiger partial charge in [0.15, 0.2) is 0 Å². The van der Waals surface area contributed by atoms with Gasteiger partial charge >= 0.3 is 0 Å². The van der Waals surface area contributed by atoms with Crippen molar-refractivity contribution in [3.05, 3.63) is 59.7 Å². The molecule has 30 heavy (non-hydrogen) atoms. The van der Waals surface area contributed by atoms with Crippen molar-refractivity contribution < 1.29 is 13.2 Å². The Hall–Kier alpha value is -2.34. The maximum Gasteiger partial charge on any atom is 0.261 e. The fourth-order valence-electron chi connectivity index (χ4n) is 6.26. The maximum absolute atomic E-state index is 13.3. The average molecular weight is 425 g/mol. The number of carbonyl (C=O) groups excluding carboxylic acids is 1. The quantitative estimate of drug-likeness (QED) is 0.742. The number of rotatable bonds is 5. The van der Waals surface area contributed by atoms with Crippen molar-refractivity contribution in [3.63, 3.8) is 0 Å². The number of amides is 1. The standard InChI is InChI=1S/C24H28N2O3S/c1-16-6-8-20(9-7-16)30(28,29)26-22-5-3-2-4-21(22)23(27)25-24-13-17-10-18(14-24)12-19(11-17)15-24/h2-9,17-19,26H,10-15H2,1H3,(H,25,27). The second-order valence-corrected chi connectivity index (χ2v) is 11.3. The smallest absolute Gasteiger partial charge is 0.261 e. The topological polar surface area (TPSA) is 75.3 Å². The lowest BCUT2D eigenvalue weighted by molar-refractivity contribution is -0.0166. The first-order chi connectivity index (χ1) is 14.3. The molecule has 158 valence electrons. The SMILES string of the molecule is Cc1ccc(S(=O)(=O)Nc2ccccc2C(=O)NC23CC4CC(CC(C4)C2)C3)cc1. The number of hydrogen-bond donors (Lipinski definition) is 2. The molecule has 0 saturated heterocycles. The Labute approximate surface area is 178 Å². The van der Waals surface area contributed by atoms with Crippen LogP contribution < -0.4 is 10.0 Å². The predicted octanol–water partition coefficient (Wildman–Crippen LogP) is 4.49. The lowest BCUT2D eigenvalue weighted by Crippen LogP contribution is -2.59. The molecule has 2 aromatic rings. The number of anilines is 1. The Bertz CT molecular complexity index is 1040. The fourth-order valence-corrected chi connectivity index (χ4v) is 7.34. The molecule has 0 aromatic heterocycles. The molecule has 4 aliphatic rings. The third kappa shape index (κ3) is 3.62. The largest absolute Gasteiger partial charge is 0.347 e. The number of nitrogens with one attached hydrogen (secondary N) is 2. The number of carbonyl (C=O) groups is 1.